The zero-order chi connectivity index (χ0) is 12.1. The monoisotopic (exact) mass is 228 g/mol. The van der Waals surface area contributed by atoms with Gasteiger partial charge in [-0.05, 0) is 37.8 Å². The van der Waals surface area contributed by atoms with Crippen LogP contribution in [0.1, 0.15) is 31.4 Å². The molecular weight excluding hydrogens is 212 g/mol. The molecule has 1 aromatic heterocycles. The molecule has 0 bridgehead atoms. The van der Waals surface area contributed by atoms with Crippen molar-refractivity contribution in [2.45, 2.75) is 25.7 Å². The summed E-state index contributed by atoms with van der Waals surface area (Å²) in [5.74, 6) is 0.717. The lowest BCUT2D eigenvalue weighted by molar-refractivity contribution is 0.862. The third kappa shape index (κ3) is 2.97. The van der Waals surface area contributed by atoms with Gasteiger partial charge >= 0.3 is 0 Å². The molecule has 2 rings (SSSR count). The largest absolute Gasteiger partial charge is 0.396 e. The smallest absolute Gasteiger partial charge is 0.165 e. The van der Waals surface area contributed by atoms with Crippen LogP contribution in [0.5, 0.6) is 0 Å². The Labute approximate surface area is 101 Å². The van der Waals surface area contributed by atoms with Gasteiger partial charge in [0.15, 0.2) is 5.69 Å². The highest BCUT2D eigenvalue weighted by Crippen LogP contribution is 2.20. The maximum atomic E-state index is 8.81. The molecule has 0 aromatic carbocycles. The molecule has 4 nitrogen and oxygen atoms in total. The highest BCUT2D eigenvalue weighted by Gasteiger charge is 2.05. The summed E-state index contributed by atoms with van der Waals surface area (Å²) in [6, 6.07) is 5.50. The molecule has 0 radical (unpaired) electrons. The molecule has 0 atom stereocenters. The van der Waals surface area contributed by atoms with E-state index in [9.17, 15) is 0 Å². The number of anilines is 2. The molecular formula is C13H16N4. The molecule has 0 fully saturated rings. The molecule has 0 aliphatic heterocycles. The SMILES string of the molecule is N#Cc1nc(NCCC2=CCCC2)ccc1N. The van der Waals surface area contributed by atoms with Crippen LogP contribution in [-0.4, -0.2) is 11.5 Å². The summed E-state index contributed by atoms with van der Waals surface area (Å²) >= 11 is 0. The molecule has 0 spiro atoms. The second-order valence-corrected chi connectivity index (χ2v) is 4.18. The molecule has 1 aliphatic carbocycles. The van der Waals surface area contributed by atoms with Crippen molar-refractivity contribution in [3.8, 4) is 6.07 Å². The number of pyridine rings is 1. The molecule has 3 N–H and O–H groups in total. The number of nitrogens with one attached hydrogen (secondary N) is 1. The first kappa shape index (κ1) is 11.5. The highest BCUT2D eigenvalue weighted by molar-refractivity contribution is 5.54. The molecule has 17 heavy (non-hydrogen) atoms. The van der Waals surface area contributed by atoms with E-state index in [1.807, 2.05) is 6.07 Å². The molecule has 88 valence electrons. The van der Waals surface area contributed by atoms with E-state index in [4.69, 9.17) is 11.0 Å². The number of nitrogen functional groups attached to an aromatic ring is 1. The van der Waals surface area contributed by atoms with Crippen molar-refractivity contribution in [2.24, 2.45) is 0 Å². The Bertz CT molecular complexity index is 471. The number of nitriles is 1. The minimum Gasteiger partial charge on any atom is -0.396 e. The van der Waals surface area contributed by atoms with Crippen molar-refractivity contribution in [1.29, 1.82) is 5.26 Å². The van der Waals surface area contributed by atoms with Crippen LogP contribution in [0.3, 0.4) is 0 Å². The van der Waals surface area contributed by atoms with Crippen LogP contribution in [0.2, 0.25) is 0 Å². The predicted octanol–water partition coefficient (Wildman–Crippen LogP) is 2.45. The van der Waals surface area contributed by atoms with Crippen molar-refractivity contribution < 1.29 is 0 Å². The lowest BCUT2D eigenvalue weighted by Gasteiger charge is -2.07. The van der Waals surface area contributed by atoms with Gasteiger partial charge in [-0.3, -0.25) is 0 Å². The Morgan fingerprint density at radius 3 is 3.06 bits per heavy atom. The third-order valence-corrected chi connectivity index (χ3v) is 2.92. The van der Waals surface area contributed by atoms with Crippen LogP contribution < -0.4 is 11.1 Å². The first-order valence-corrected chi connectivity index (χ1v) is 5.88. The summed E-state index contributed by atoms with van der Waals surface area (Å²) in [5.41, 5.74) is 7.84. The molecule has 0 amide bonds. The van der Waals surface area contributed by atoms with Gasteiger partial charge in [-0.25, -0.2) is 4.98 Å². The fraction of sp³-hybridized carbons (Fsp3) is 0.385. The number of allylic oxidation sites excluding steroid dienone is 1. The fourth-order valence-corrected chi connectivity index (χ4v) is 1.97. The van der Waals surface area contributed by atoms with E-state index in [1.165, 1.54) is 24.8 Å². The van der Waals surface area contributed by atoms with Crippen LogP contribution in [0.25, 0.3) is 0 Å². The third-order valence-electron chi connectivity index (χ3n) is 2.92. The Morgan fingerprint density at radius 1 is 1.47 bits per heavy atom. The lowest BCUT2D eigenvalue weighted by Crippen LogP contribution is -2.05. The van der Waals surface area contributed by atoms with E-state index in [0.717, 1.165) is 13.0 Å². The molecule has 0 saturated carbocycles. The number of nitrogens with zero attached hydrogens (tertiary/aromatic N) is 2. The lowest BCUT2D eigenvalue weighted by atomic mass is 10.2. The second-order valence-electron chi connectivity index (χ2n) is 4.18. The maximum absolute atomic E-state index is 8.81. The van der Waals surface area contributed by atoms with Gasteiger partial charge in [0.1, 0.15) is 11.9 Å². The zero-order valence-electron chi connectivity index (χ0n) is 9.74. The Kier molecular flexibility index (Phi) is 3.61. The first-order chi connectivity index (χ1) is 8.29. The van der Waals surface area contributed by atoms with Gasteiger partial charge in [0.25, 0.3) is 0 Å². The van der Waals surface area contributed by atoms with Gasteiger partial charge in [-0.1, -0.05) is 11.6 Å². The number of hydrogen-bond donors (Lipinski definition) is 2. The number of rotatable bonds is 4. The van der Waals surface area contributed by atoms with Gasteiger partial charge in [0.05, 0.1) is 5.69 Å². The van der Waals surface area contributed by atoms with Crippen LogP contribution in [-0.2, 0) is 0 Å². The van der Waals surface area contributed by atoms with Crippen molar-refractivity contribution in [3.05, 3.63) is 29.5 Å². The minimum absolute atomic E-state index is 0.287. The minimum atomic E-state index is 0.287. The van der Waals surface area contributed by atoms with E-state index in [0.29, 0.717) is 11.5 Å². The van der Waals surface area contributed by atoms with Gasteiger partial charge in [-0.2, -0.15) is 5.26 Å². The maximum Gasteiger partial charge on any atom is 0.165 e. The summed E-state index contributed by atoms with van der Waals surface area (Å²) < 4.78 is 0. The van der Waals surface area contributed by atoms with Crippen molar-refractivity contribution in [1.82, 2.24) is 4.98 Å². The number of aromatic nitrogens is 1. The first-order valence-electron chi connectivity index (χ1n) is 5.88. The topological polar surface area (TPSA) is 74.7 Å². The summed E-state index contributed by atoms with van der Waals surface area (Å²) in [4.78, 5) is 4.14. The van der Waals surface area contributed by atoms with Crippen LogP contribution in [0, 0.1) is 11.3 Å². The van der Waals surface area contributed by atoms with E-state index >= 15 is 0 Å². The van der Waals surface area contributed by atoms with Crippen LogP contribution >= 0.6 is 0 Å². The normalized spacial score (nSPS) is 14.2. The van der Waals surface area contributed by atoms with Gasteiger partial charge in [-0.15, -0.1) is 0 Å². The van der Waals surface area contributed by atoms with Crippen molar-refractivity contribution in [2.75, 3.05) is 17.6 Å². The molecule has 1 heterocycles. The van der Waals surface area contributed by atoms with E-state index in [-0.39, 0.29) is 5.69 Å². The highest BCUT2D eigenvalue weighted by atomic mass is 15.0. The second kappa shape index (κ2) is 5.35. The summed E-state index contributed by atoms with van der Waals surface area (Å²) in [7, 11) is 0. The van der Waals surface area contributed by atoms with Gasteiger partial charge < -0.3 is 11.1 Å². The molecule has 1 aromatic rings. The van der Waals surface area contributed by atoms with Crippen molar-refractivity contribution >= 4 is 11.5 Å². The van der Waals surface area contributed by atoms with E-state index < -0.39 is 0 Å². The Balaban J connectivity index is 1.88. The average Bonchev–Trinajstić information content (AvgIpc) is 2.84. The predicted molar refractivity (Wildman–Crippen MR) is 68.4 cm³/mol. The van der Waals surface area contributed by atoms with Crippen molar-refractivity contribution in [3.63, 3.8) is 0 Å². The van der Waals surface area contributed by atoms with E-state index in [2.05, 4.69) is 16.4 Å². The number of hydrogen-bond acceptors (Lipinski definition) is 4. The molecule has 0 saturated heterocycles. The molecule has 1 aliphatic rings. The fourth-order valence-electron chi connectivity index (χ4n) is 1.97. The molecule has 0 unspecified atom stereocenters. The Hall–Kier alpha value is -2.02. The van der Waals surface area contributed by atoms with Crippen LogP contribution in [0.15, 0.2) is 23.8 Å². The van der Waals surface area contributed by atoms with E-state index in [1.54, 1.807) is 12.1 Å². The van der Waals surface area contributed by atoms with Gasteiger partial charge in [0, 0.05) is 6.54 Å². The Morgan fingerprint density at radius 2 is 2.35 bits per heavy atom. The summed E-state index contributed by atoms with van der Waals surface area (Å²) in [6.07, 6.45) is 7.09. The zero-order valence-corrected chi connectivity index (χ0v) is 9.74. The van der Waals surface area contributed by atoms with Gasteiger partial charge in [0.2, 0.25) is 0 Å². The van der Waals surface area contributed by atoms with Crippen LogP contribution in [0.4, 0.5) is 11.5 Å². The standard InChI is InChI=1S/C13H16N4/c14-9-12-11(15)5-6-13(17-12)16-8-7-10-3-1-2-4-10/h3,5-6H,1-2,4,7-8,15H2,(H,16,17). The average molecular weight is 228 g/mol. The summed E-state index contributed by atoms with van der Waals surface area (Å²) in [6.45, 7) is 0.855. The summed E-state index contributed by atoms with van der Waals surface area (Å²) in [5, 5.41) is 12.0. The molecule has 4 heteroatoms. The quantitative estimate of drug-likeness (QED) is 0.776. The number of nitrogens with two attached hydrogens (primary N) is 1.